The molecule has 0 aliphatic carbocycles. The first kappa shape index (κ1) is 41.4. The molecule has 1 unspecified atom stereocenters. The third-order valence-corrected chi connectivity index (χ3v) is 8.36. The summed E-state index contributed by atoms with van der Waals surface area (Å²) >= 11 is 0. The van der Waals surface area contributed by atoms with Gasteiger partial charge in [0, 0.05) is 13.6 Å². The van der Waals surface area contributed by atoms with E-state index in [4.69, 9.17) is 4.74 Å². The van der Waals surface area contributed by atoms with Crippen molar-refractivity contribution in [1.82, 2.24) is 9.80 Å². The van der Waals surface area contributed by atoms with E-state index in [1.54, 1.807) is 4.90 Å². The number of hydrogen-bond acceptors (Lipinski definition) is 3. The van der Waals surface area contributed by atoms with E-state index in [-0.39, 0.29) is 12.2 Å². The lowest BCUT2D eigenvalue weighted by atomic mass is 9.87. The zero-order chi connectivity index (χ0) is 31.8. The molecule has 4 nitrogen and oxygen atoms in total. The second-order valence-electron chi connectivity index (χ2n) is 13.0. The molecule has 0 fully saturated rings. The van der Waals surface area contributed by atoms with E-state index < -0.39 is 0 Å². The summed E-state index contributed by atoms with van der Waals surface area (Å²) < 4.78 is 6.35. The standard InChI is InChI=1S/C39H74N2O2/c1-7-10-13-16-19-22-25-28-32-37(33-29-26-23-20-17-14-11-8-2)38(34-30-27-24-21-18-15-12-9-3)43-39(42)41(6)36-31-35-40(4)5/h19-24,37-38H,7-18,25-36H2,1-6H3. The third kappa shape index (κ3) is 27.7. The van der Waals surface area contributed by atoms with Crippen LogP contribution in [0.5, 0.6) is 0 Å². The van der Waals surface area contributed by atoms with Crippen LogP contribution in [0.25, 0.3) is 0 Å². The van der Waals surface area contributed by atoms with Gasteiger partial charge < -0.3 is 14.5 Å². The molecule has 0 aromatic rings. The summed E-state index contributed by atoms with van der Waals surface area (Å²) in [6.45, 7) is 8.50. The molecule has 252 valence electrons. The number of hydrogen-bond donors (Lipinski definition) is 0. The molecule has 0 aromatic carbocycles. The topological polar surface area (TPSA) is 32.8 Å². The largest absolute Gasteiger partial charge is 0.446 e. The van der Waals surface area contributed by atoms with E-state index >= 15 is 0 Å². The van der Waals surface area contributed by atoms with Gasteiger partial charge in [-0.1, -0.05) is 95.8 Å². The Morgan fingerprint density at radius 3 is 1.33 bits per heavy atom. The highest BCUT2D eigenvalue weighted by atomic mass is 16.6. The average molecular weight is 603 g/mol. The lowest BCUT2D eigenvalue weighted by molar-refractivity contribution is 0.0274. The van der Waals surface area contributed by atoms with E-state index in [0.29, 0.717) is 5.92 Å². The predicted octanol–water partition coefficient (Wildman–Crippen LogP) is 11.9. The van der Waals surface area contributed by atoms with E-state index in [2.05, 4.69) is 76.2 Å². The van der Waals surface area contributed by atoms with Crippen molar-refractivity contribution in [2.24, 2.45) is 5.92 Å². The van der Waals surface area contributed by atoms with Crippen molar-refractivity contribution in [2.75, 3.05) is 34.2 Å². The zero-order valence-electron chi connectivity index (χ0n) is 29.8. The lowest BCUT2D eigenvalue weighted by Crippen LogP contribution is -2.36. The number of rotatable bonds is 30. The maximum absolute atomic E-state index is 13.2. The van der Waals surface area contributed by atoms with Crippen molar-refractivity contribution in [3.05, 3.63) is 36.5 Å². The second kappa shape index (κ2) is 31.9. The first-order valence-corrected chi connectivity index (χ1v) is 18.5. The number of ether oxygens (including phenoxy) is 1. The SMILES string of the molecule is CCCCCC=CCCCC(CCCC=CCCCCC)C(CCCC=CCCCCC)OC(=O)N(C)CCCN(C)C. The monoisotopic (exact) mass is 603 g/mol. The Morgan fingerprint density at radius 2 is 0.930 bits per heavy atom. The summed E-state index contributed by atoms with van der Waals surface area (Å²) in [5.41, 5.74) is 0. The van der Waals surface area contributed by atoms with Gasteiger partial charge in [-0.3, -0.25) is 0 Å². The average Bonchev–Trinajstić information content (AvgIpc) is 2.99. The molecular formula is C39H74N2O2. The van der Waals surface area contributed by atoms with Gasteiger partial charge in [-0.15, -0.1) is 0 Å². The van der Waals surface area contributed by atoms with Gasteiger partial charge >= 0.3 is 6.09 Å². The molecule has 0 saturated carbocycles. The quantitative estimate of drug-likeness (QED) is 0.0605. The Bertz CT molecular complexity index is 659. The molecule has 1 amide bonds. The normalized spacial score (nSPS) is 13.6. The van der Waals surface area contributed by atoms with Crippen LogP contribution in [0.3, 0.4) is 0 Å². The Kier molecular flexibility index (Phi) is 30.7. The van der Waals surface area contributed by atoms with Gasteiger partial charge in [-0.05, 0) is 129 Å². The summed E-state index contributed by atoms with van der Waals surface area (Å²) in [5.74, 6) is 0.426. The molecule has 0 saturated heterocycles. The Balaban J connectivity index is 5.28. The summed E-state index contributed by atoms with van der Waals surface area (Å²) in [4.78, 5) is 17.2. The van der Waals surface area contributed by atoms with Crippen LogP contribution in [-0.4, -0.2) is 56.2 Å². The van der Waals surface area contributed by atoms with Gasteiger partial charge in [0.05, 0.1) is 0 Å². The number of amides is 1. The van der Waals surface area contributed by atoms with Gasteiger partial charge in [-0.2, -0.15) is 0 Å². The highest BCUT2D eigenvalue weighted by Gasteiger charge is 2.25. The molecule has 4 heteroatoms. The smallest absolute Gasteiger partial charge is 0.409 e. The first-order valence-electron chi connectivity index (χ1n) is 18.5. The fraction of sp³-hybridized carbons (Fsp3) is 0.821. The molecule has 0 aliphatic rings. The van der Waals surface area contributed by atoms with E-state index in [1.165, 1.54) is 89.9 Å². The van der Waals surface area contributed by atoms with Gasteiger partial charge in [0.15, 0.2) is 0 Å². The zero-order valence-corrected chi connectivity index (χ0v) is 29.8. The summed E-state index contributed by atoms with van der Waals surface area (Å²) in [5, 5.41) is 0. The molecular weight excluding hydrogens is 528 g/mol. The van der Waals surface area contributed by atoms with Crippen LogP contribution in [0.15, 0.2) is 36.5 Å². The maximum atomic E-state index is 13.2. The summed E-state index contributed by atoms with van der Waals surface area (Å²) in [6, 6.07) is 0. The van der Waals surface area contributed by atoms with Crippen LogP contribution in [0.1, 0.15) is 162 Å². The highest BCUT2D eigenvalue weighted by molar-refractivity contribution is 5.67. The van der Waals surface area contributed by atoms with Crippen molar-refractivity contribution in [3.63, 3.8) is 0 Å². The van der Waals surface area contributed by atoms with Gasteiger partial charge in [0.25, 0.3) is 0 Å². The lowest BCUT2D eigenvalue weighted by Gasteiger charge is -2.29. The van der Waals surface area contributed by atoms with E-state index in [0.717, 1.165) is 64.5 Å². The number of allylic oxidation sites excluding steroid dienone is 6. The number of unbranched alkanes of at least 4 members (excludes halogenated alkanes) is 12. The molecule has 0 N–H and O–H groups in total. The molecule has 0 spiro atoms. The van der Waals surface area contributed by atoms with E-state index in [9.17, 15) is 4.79 Å². The van der Waals surface area contributed by atoms with Crippen LogP contribution in [0, 0.1) is 5.92 Å². The summed E-state index contributed by atoms with van der Waals surface area (Å²) in [7, 11) is 6.06. The minimum atomic E-state index is -0.143. The molecule has 0 heterocycles. The first-order chi connectivity index (χ1) is 21.0. The van der Waals surface area contributed by atoms with Crippen molar-refractivity contribution in [3.8, 4) is 0 Å². The van der Waals surface area contributed by atoms with Crippen LogP contribution < -0.4 is 0 Å². The second-order valence-corrected chi connectivity index (χ2v) is 13.0. The number of carbonyl (C=O) groups is 1. The summed E-state index contributed by atoms with van der Waals surface area (Å²) in [6.07, 6.45) is 40.3. The van der Waals surface area contributed by atoms with Crippen molar-refractivity contribution in [2.45, 2.75) is 168 Å². The highest BCUT2D eigenvalue weighted by Crippen LogP contribution is 2.27. The van der Waals surface area contributed by atoms with Crippen molar-refractivity contribution < 1.29 is 9.53 Å². The molecule has 0 rings (SSSR count). The molecule has 43 heavy (non-hydrogen) atoms. The van der Waals surface area contributed by atoms with Crippen molar-refractivity contribution >= 4 is 6.09 Å². The minimum Gasteiger partial charge on any atom is -0.446 e. The van der Waals surface area contributed by atoms with Crippen LogP contribution in [0.2, 0.25) is 0 Å². The molecule has 0 aliphatic heterocycles. The third-order valence-electron chi connectivity index (χ3n) is 8.36. The fourth-order valence-corrected chi connectivity index (χ4v) is 5.52. The van der Waals surface area contributed by atoms with E-state index in [1.807, 2.05) is 7.05 Å². The van der Waals surface area contributed by atoms with Gasteiger partial charge in [-0.25, -0.2) is 4.79 Å². The Hall–Kier alpha value is -1.55. The van der Waals surface area contributed by atoms with Crippen LogP contribution >= 0.6 is 0 Å². The van der Waals surface area contributed by atoms with Crippen LogP contribution in [-0.2, 0) is 4.74 Å². The molecule has 0 bridgehead atoms. The molecule has 0 aromatic heterocycles. The Labute approximate surface area is 269 Å². The fourth-order valence-electron chi connectivity index (χ4n) is 5.52. The van der Waals surface area contributed by atoms with Gasteiger partial charge in [0.1, 0.15) is 6.10 Å². The number of nitrogens with zero attached hydrogens (tertiary/aromatic N) is 2. The van der Waals surface area contributed by atoms with Crippen LogP contribution in [0.4, 0.5) is 4.79 Å². The number of carbonyl (C=O) groups excluding carboxylic acids is 1. The molecule has 1 atom stereocenters. The minimum absolute atomic E-state index is 0.000595. The predicted molar refractivity (Wildman–Crippen MR) is 191 cm³/mol. The molecule has 0 radical (unpaired) electrons. The van der Waals surface area contributed by atoms with Gasteiger partial charge in [0.2, 0.25) is 0 Å². The maximum Gasteiger partial charge on any atom is 0.409 e. The van der Waals surface area contributed by atoms with Crippen molar-refractivity contribution in [1.29, 1.82) is 0 Å². The Morgan fingerprint density at radius 1 is 0.535 bits per heavy atom.